The van der Waals surface area contributed by atoms with E-state index in [1.165, 1.54) is 0 Å². The molecule has 5 heteroatoms. The van der Waals surface area contributed by atoms with E-state index in [0.717, 1.165) is 24.1 Å². The highest BCUT2D eigenvalue weighted by Crippen LogP contribution is 2.39. The van der Waals surface area contributed by atoms with Crippen LogP contribution in [0.2, 0.25) is 0 Å². The molecule has 22 heavy (non-hydrogen) atoms. The molecule has 0 radical (unpaired) electrons. The van der Waals surface area contributed by atoms with Crippen LogP contribution in [0.15, 0.2) is 36.5 Å². The van der Waals surface area contributed by atoms with Gasteiger partial charge >= 0.3 is 0 Å². The van der Waals surface area contributed by atoms with Gasteiger partial charge in [-0.2, -0.15) is 0 Å². The van der Waals surface area contributed by atoms with Gasteiger partial charge in [-0.15, -0.1) is 0 Å². The summed E-state index contributed by atoms with van der Waals surface area (Å²) in [6.07, 6.45) is 4.22. The molecule has 114 valence electrons. The fraction of sp³-hybridized carbons (Fsp3) is 0.353. The summed E-state index contributed by atoms with van der Waals surface area (Å²) in [7, 11) is 0. The summed E-state index contributed by atoms with van der Waals surface area (Å²) in [5.74, 6) is 1.29. The van der Waals surface area contributed by atoms with Crippen molar-refractivity contribution in [2.24, 2.45) is 5.92 Å². The number of amides is 1. The van der Waals surface area contributed by atoms with Crippen LogP contribution in [0.4, 0.5) is 0 Å². The molecular weight excluding hydrogens is 278 g/mol. The number of phenols is 1. The first-order valence-electron chi connectivity index (χ1n) is 7.48. The minimum atomic E-state index is -0.107. The minimum absolute atomic E-state index is 0.0484. The molecular formula is C17H19N3O2. The Hall–Kier alpha value is -2.43. The highest BCUT2D eigenvalue weighted by molar-refractivity contribution is 5.79. The van der Waals surface area contributed by atoms with Gasteiger partial charge in [-0.25, -0.2) is 9.97 Å². The quantitative estimate of drug-likeness (QED) is 0.888. The van der Waals surface area contributed by atoms with Gasteiger partial charge in [0.05, 0.1) is 12.5 Å². The molecule has 1 aliphatic carbocycles. The summed E-state index contributed by atoms with van der Waals surface area (Å²) in [5.41, 5.74) is 1.78. The molecule has 5 nitrogen and oxygen atoms in total. The topological polar surface area (TPSA) is 75.1 Å². The Balaban J connectivity index is 1.68. The van der Waals surface area contributed by atoms with Crippen LogP contribution in [0.3, 0.4) is 0 Å². The number of carbonyl (C=O) groups is 1. The zero-order chi connectivity index (χ0) is 15.5. The molecule has 1 aliphatic rings. The second-order valence-corrected chi connectivity index (χ2v) is 5.78. The summed E-state index contributed by atoms with van der Waals surface area (Å²) < 4.78 is 0. The second kappa shape index (κ2) is 6.13. The first kappa shape index (κ1) is 14.5. The Morgan fingerprint density at radius 2 is 2.05 bits per heavy atom. The Bertz CT molecular complexity index is 666. The molecule has 0 spiro atoms. The molecule has 0 saturated heterocycles. The SMILES string of the molecule is Cc1ccnc([C@@H](NC(=O)Cc2ccc(O)cc2)C2CC2)n1. The van der Waals surface area contributed by atoms with Gasteiger partial charge in [0.15, 0.2) is 5.82 Å². The second-order valence-electron chi connectivity index (χ2n) is 5.78. The van der Waals surface area contributed by atoms with Crippen molar-refractivity contribution in [2.45, 2.75) is 32.2 Å². The average Bonchev–Trinajstić information content (AvgIpc) is 3.32. The number of aryl methyl sites for hydroxylation is 1. The first-order valence-corrected chi connectivity index (χ1v) is 7.48. The number of rotatable bonds is 5. The normalized spacial score (nSPS) is 15.3. The van der Waals surface area contributed by atoms with Crippen molar-refractivity contribution < 1.29 is 9.90 Å². The lowest BCUT2D eigenvalue weighted by molar-refractivity contribution is -0.121. The molecule has 1 aromatic heterocycles. The first-order chi connectivity index (χ1) is 10.6. The van der Waals surface area contributed by atoms with Crippen LogP contribution in [0, 0.1) is 12.8 Å². The summed E-state index contributed by atoms with van der Waals surface area (Å²) in [6.45, 7) is 1.92. The fourth-order valence-electron chi connectivity index (χ4n) is 2.46. The lowest BCUT2D eigenvalue weighted by atomic mass is 10.1. The number of nitrogens with one attached hydrogen (secondary N) is 1. The van der Waals surface area contributed by atoms with Crippen molar-refractivity contribution in [2.75, 3.05) is 0 Å². The standard InChI is InChI=1S/C17H19N3O2/c1-11-8-9-18-17(19-11)16(13-4-5-13)20-15(22)10-12-2-6-14(21)7-3-12/h2-3,6-9,13,16,21H,4-5,10H2,1H3,(H,20,22)/t16-/m0/s1. The van der Waals surface area contributed by atoms with Crippen LogP contribution in [-0.2, 0) is 11.2 Å². The van der Waals surface area contributed by atoms with E-state index in [1.54, 1.807) is 30.5 Å². The monoisotopic (exact) mass is 297 g/mol. The summed E-state index contributed by atoms with van der Waals surface area (Å²) in [6, 6.07) is 8.43. The van der Waals surface area contributed by atoms with Crippen molar-refractivity contribution >= 4 is 5.91 Å². The van der Waals surface area contributed by atoms with Crippen LogP contribution in [-0.4, -0.2) is 21.0 Å². The van der Waals surface area contributed by atoms with Crippen molar-refractivity contribution in [3.8, 4) is 5.75 Å². The predicted molar refractivity (Wildman–Crippen MR) is 82.2 cm³/mol. The largest absolute Gasteiger partial charge is 0.508 e. The van der Waals surface area contributed by atoms with Gasteiger partial charge in [0, 0.05) is 11.9 Å². The molecule has 1 heterocycles. The maximum Gasteiger partial charge on any atom is 0.225 e. The highest BCUT2D eigenvalue weighted by atomic mass is 16.3. The molecule has 1 fully saturated rings. The maximum atomic E-state index is 12.3. The Morgan fingerprint density at radius 3 is 2.68 bits per heavy atom. The lowest BCUT2D eigenvalue weighted by Gasteiger charge is -2.17. The summed E-state index contributed by atoms with van der Waals surface area (Å²) >= 11 is 0. The molecule has 1 atom stereocenters. The van der Waals surface area contributed by atoms with E-state index in [1.807, 2.05) is 13.0 Å². The van der Waals surface area contributed by atoms with Crippen molar-refractivity contribution in [3.05, 3.63) is 53.6 Å². The number of hydrogen-bond acceptors (Lipinski definition) is 4. The number of phenolic OH excluding ortho intramolecular Hbond substituents is 1. The zero-order valence-electron chi connectivity index (χ0n) is 12.5. The van der Waals surface area contributed by atoms with Gasteiger partial charge in [0.2, 0.25) is 5.91 Å². The molecule has 2 aromatic rings. The average molecular weight is 297 g/mol. The molecule has 2 N–H and O–H groups in total. The minimum Gasteiger partial charge on any atom is -0.508 e. The molecule has 1 aromatic carbocycles. The van der Waals surface area contributed by atoms with Crippen molar-refractivity contribution in [1.82, 2.24) is 15.3 Å². The van der Waals surface area contributed by atoms with Gasteiger partial charge in [-0.3, -0.25) is 4.79 Å². The number of aromatic nitrogens is 2. The van der Waals surface area contributed by atoms with Crippen LogP contribution in [0.25, 0.3) is 0 Å². The fourth-order valence-corrected chi connectivity index (χ4v) is 2.46. The van der Waals surface area contributed by atoms with Gasteiger partial charge in [0.25, 0.3) is 0 Å². The predicted octanol–water partition coefficient (Wildman–Crippen LogP) is 2.30. The number of carbonyl (C=O) groups excluding carboxylic acids is 1. The highest BCUT2D eigenvalue weighted by Gasteiger charge is 2.35. The van der Waals surface area contributed by atoms with E-state index >= 15 is 0 Å². The van der Waals surface area contributed by atoms with E-state index < -0.39 is 0 Å². The van der Waals surface area contributed by atoms with E-state index in [2.05, 4.69) is 15.3 Å². The molecule has 1 saturated carbocycles. The smallest absolute Gasteiger partial charge is 0.225 e. The van der Waals surface area contributed by atoms with E-state index in [-0.39, 0.29) is 24.1 Å². The number of nitrogens with zero attached hydrogens (tertiary/aromatic N) is 2. The number of benzene rings is 1. The Labute approximate surface area is 129 Å². The molecule has 1 amide bonds. The Kier molecular flexibility index (Phi) is 4.04. The van der Waals surface area contributed by atoms with Crippen molar-refractivity contribution in [3.63, 3.8) is 0 Å². The number of aromatic hydroxyl groups is 1. The van der Waals surface area contributed by atoms with E-state index in [9.17, 15) is 9.90 Å². The third-order valence-corrected chi connectivity index (χ3v) is 3.80. The van der Waals surface area contributed by atoms with Gasteiger partial charge in [-0.1, -0.05) is 12.1 Å². The Morgan fingerprint density at radius 1 is 1.32 bits per heavy atom. The third kappa shape index (κ3) is 3.61. The lowest BCUT2D eigenvalue weighted by Crippen LogP contribution is -2.32. The van der Waals surface area contributed by atoms with Crippen LogP contribution in [0.5, 0.6) is 5.75 Å². The molecule has 0 unspecified atom stereocenters. The molecule has 0 aliphatic heterocycles. The van der Waals surface area contributed by atoms with Gasteiger partial charge in [0.1, 0.15) is 5.75 Å². The zero-order valence-corrected chi connectivity index (χ0v) is 12.5. The van der Waals surface area contributed by atoms with Gasteiger partial charge in [-0.05, 0) is 49.4 Å². The number of hydrogen-bond donors (Lipinski definition) is 2. The summed E-state index contributed by atoms with van der Waals surface area (Å²) in [5, 5.41) is 12.3. The van der Waals surface area contributed by atoms with E-state index in [4.69, 9.17) is 0 Å². The van der Waals surface area contributed by atoms with E-state index in [0.29, 0.717) is 11.7 Å². The molecule has 0 bridgehead atoms. The third-order valence-electron chi connectivity index (χ3n) is 3.80. The van der Waals surface area contributed by atoms with Gasteiger partial charge < -0.3 is 10.4 Å². The maximum absolute atomic E-state index is 12.3. The van der Waals surface area contributed by atoms with Crippen LogP contribution < -0.4 is 5.32 Å². The van der Waals surface area contributed by atoms with Crippen LogP contribution in [0.1, 0.15) is 36.0 Å². The summed E-state index contributed by atoms with van der Waals surface area (Å²) in [4.78, 5) is 21.0. The molecule has 3 rings (SSSR count). The van der Waals surface area contributed by atoms with Crippen molar-refractivity contribution in [1.29, 1.82) is 0 Å². The van der Waals surface area contributed by atoms with Crippen LogP contribution >= 0.6 is 0 Å².